The first-order valence-corrected chi connectivity index (χ1v) is 7.34. The van der Waals surface area contributed by atoms with Gasteiger partial charge in [0.25, 0.3) is 0 Å². The predicted octanol–water partition coefficient (Wildman–Crippen LogP) is 3.49. The SMILES string of the molecule is Cc1nc(COc2cccc(Cl)c2CCN)sc1C. The fourth-order valence-electron chi connectivity index (χ4n) is 1.80. The molecule has 0 aliphatic rings. The number of hydrogen-bond donors (Lipinski definition) is 1. The Morgan fingerprint density at radius 3 is 2.79 bits per heavy atom. The van der Waals surface area contributed by atoms with Crippen LogP contribution in [-0.4, -0.2) is 11.5 Å². The van der Waals surface area contributed by atoms with Gasteiger partial charge in [-0.2, -0.15) is 0 Å². The van der Waals surface area contributed by atoms with Crippen LogP contribution in [0.2, 0.25) is 5.02 Å². The highest BCUT2D eigenvalue weighted by Gasteiger charge is 2.09. The highest BCUT2D eigenvalue weighted by Crippen LogP contribution is 2.28. The maximum Gasteiger partial charge on any atom is 0.140 e. The first-order valence-electron chi connectivity index (χ1n) is 6.15. The Morgan fingerprint density at radius 1 is 1.37 bits per heavy atom. The molecule has 2 aromatic rings. The molecule has 0 atom stereocenters. The van der Waals surface area contributed by atoms with E-state index < -0.39 is 0 Å². The van der Waals surface area contributed by atoms with E-state index in [0.29, 0.717) is 24.6 Å². The minimum Gasteiger partial charge on any atom is -0.486 e. The smallest absolute Gasteiger partial charge is 0.140 e. The number of hydrogen-bond acceptors (Lipinski definition) is 4. The highest BCUT2D eigenvalue weighted by atomic mass is 35.5. The van der Waals surface area contributed by atoms with E-state index in [1.54, 1.807) is 11.3 Å². The van der Waals surface area contributed by atoms with E-state index in [2.05, 4.69) is 11.9 Å². The van der Waals surface area contributed by atoms with Crippen LogP contribution in [0.4, 0.5) is 0 Å². The number of ether oxygens (including phenoxy) is 1. The summed E-state index contributed by atoms with van der Waals surface area (Å²) in [6.45, 7) is 5.09. The summed E-state index contributed by atoms with van der Waals surface area (Å²) in [7, 11) is 0. The fraction of sp³-hybridized carbons (Fsp3) is 0.357. The lowest BCUT2D eigenvalue weighted by Crippen LogP contribution is -2.06. The molecule has 1 aromatic carbocycles. The summed E-state index contributed by atoms with van der Waals surface area (Å²) < 4.78 is 5.83. The van der Waals surface area contributed by atoms with Crippen molar-refractivity contribution < 1.29 is 4.74 Å². The molecule has 19 heavy (non-hydrogen) atoms. The lowest BCUT2D eigenvalue weighted by atomic mass is 10.1. The van der Waals surface area contributed by atoms with Crippen LogP contribution in [0.1, 0.15) is 21.1 Å². The molecule has 0 amide bonds. The molecule has 5 heteroatoms. The molecule has 0 radical (unpaired) electrons. The number of rotatable bonds is 5. The number of benzene rings is 1. The van der Waals surface area contributed by atoms with E-state index in [1.165, 1.54) is 4.88 Å². The summed E-state index contributed by atoms with van der Waals surface area (Å²) in [4.78, 5) is 5.69. The van der Waals surface area contributed by atoms with E-state index in [9.17, 15) is 0 Å². The predicted molar refractivity (Wildman–Crippen MR) is 80.1 cm³/mol. The summed E-state index contributed by atoms with van der Waals surface area (Å²) in [5, 5.41) is 1.68. The van der Waals surface area contributed by atoms with Crippen LogP contribution in [0.3, 0.4) is 0 Å². The van der Waals surface area contributed by atoms with Gasteiger partial charge in [-0.15, -0.1) is 11.3 Å². The van der Waals surface area contributed by atoms with Gasteiger partial charge in [0.1, 0.15) is 17.4 Å². The second-order valence-electron chi connectivity index (χ2n) is 4.29. The molecule has 0 aliphatic heterocycles. The van der Waals surface area contributed by atoms with Gasteiger partial charge in [-0.3, -0.25) is 0 Å². The van der Waals surface area contributed by atoms with Crippen LogP contribution in [0.5, 0.6) is 5.75 Å². The van der Waals surface area contributed by atoms with Gasteiger partial charge in [0.05, 0.1) is 5.69 Å². The number of halogens is 1. The van der Waals surface area contributed by atoms with Gasteiger partial charge in [0, 0.05) is 15.5 Å². The number of aromatic nitrogens is 1. The largest absolute Gasteiger partial charge is 0.486 e. The maximum atomic E-state index is 6.17. The first-order chi connectivity index (χ1) is 9.11. The highest BCUT2D eigenvalue weighted by molar-refractivity contribution is 7.11. The van der Waals surface area contributed by atoms with Crippen molar-refractivity contribution in [2.24, 2.45) is 5.73 Å². The molecule has 0 bridgehead atoms. The molecule has 0 saturated carbocycles. The summed E-state index contributed by atoms with van der Waals surface area (Å²) in [5.74, 6) is 0.795. The average molecular weight is 297 g/mol. The third-order valence-corrected chi connectivity index (χ3v) is 4.29. The van der Waals surface area contributed by atoms with Crippen molar-refractivity contribution >= 4 is 22.9 Å². The fourth-order valence-corrected chi connectivity index (χ4v) is 2.91. The molecule has 0 unspecified atom stereocenters. The first kappa shape index (κ1) is 14.3. The topological polar surface area (TPSA) is 48.1 Å². The molecule has 3 nitrogen and oxygen atoms in total. The Bertz CT molecular complexity index is 549. The molecular formula is C14H17ClN2OS. The van der Waals surface area contributed by atoms with Crippen LogP contribution >= 0.6 is 22.9 Å². The number of thiazole rings is 1. The number of nitrogens with zero attached hydrogens (tertiary/aromatic N) is 1. The van der Waals surface area contributed by atoms with E-state index in [4.69, 9.17) is 22.1 Å². The third-order valence-electron chi connectivity index (χ3n) is 2.89. The number of aryl methyl sites for hydroxylation is 2. The summed E-state index contributed by atoms with van der Waals surface area (Å²) in [6.07, 6.45) is 0.713. The molecule has 1 heterocycles. The Balaban J connectivity index is 2.12. The second kappa shape index (κ2) is 6.37. The second-order valence-corrected chi connectivity index (χ2v) is 5.99. The normalized spacial score (nSPS) is 10.7. The Morgan fingerprint density at radius 2 is 2.16 bits per heavy atom. The Hall–Kier alpha value is -1.10. The molecule has 0 spiro atoms. The maximum absolute atomic E-state index is 6.17. The molecule has 2 N–H and O–H groups in total. The molecule has 0 fully saturated rings. The zero-order valence-corrected chi connectivity index (χ0v) is 12.6. The molecular weight excluding hydrogens is 280 g/mol. The van der Waals surface area contributed by atoms with Gasteiger partial charge in [-0.05, 0) is 38.9 Å². The Kier molecular flexibility index (Phi) is 4.80. The van der Waals surface area contributed by atoms with Crippen LogP contribution in [0, 0.1) is 13.8 Å². The van der Waals surface area contributed by atoms with Crippen molar-refractivity contribution in [2.75, 3.05) is 6.54 Å². The zero-order valence-electron chi connectivity index (χ0n) is 11.1. The lowest BCUT2D eigenvalue weighted by Gasteiger charge is -2.11. The minimum absolute atomic E-state index is 0.470. The minimum atomic E-state index is 0.470. The average Bonchev–Trinajstić information content (AvgIpc) is 2.70. The van der Waals surface area contributed by atoms with Crippen LogP contribution < -0.4 is 10.5 Å². The van der Waals surface area contributed by atoms with Crippen molar-refractivity contribution in [1.29, 1.82) is 0 Å². The van der Waals surface area contributed by atoms with Gasteiger partial charge in [0.15, 0.2) is 0 Å². The zero-order chi connectivity index (χ0) is 13.8. The van der Waals surface area contributed by atoms with Crippen molar-refractivity contribution in [3.8, 4) is 5.75 Å². The van der Waals surface area contributed by atoms with Gasteiger partial charge in [0.2, 0.25) is 0 Å². The summed E-state index contributed by atoms with van der Waals surface area (Å²) >= 11 is 7.83. The number of nitrogens with two attached hydrogens (primary N) is 1. The van der Waals surface area contributed by atoms with Gasteiger partial charge in [-0.25, -0.2) is 4.98 Å². The molecule has 0 aliphatic carbocycles. The van der Waals surface area contributed by atoms with Crippen molar-refractivity contribution in [1.82, 2.24) is 4.98 Å². The Labute approximate surface area is 122 Å². The lowest BCUT2D eigenvalue weighted by molar-refractivity contribution is 0.302. The van der Waals surface area contributed by atoms with Crippen molar-refractivity contribution in [2.45, 2.75) is 26.9 Å². The van der Waals surface area contributed by atoms with Crippen molar-refractivity contribution in [3.05, 3.63) is 44.4 Å². The summed E-state index contributed by atoms with van der Waals surface area (Å²) in [5.41, 5.74) is 7.64. The van der Waals surface area contributed by atoms with Gasteiger partial charge < -0.3 is 10.5 Å². The molecule has 2 rings (SSSR count). The summed E-state index contributed by atoms with van der Waals surface area (Å²) in [6, 6.07) is 5.66. The monoisotopic (exact) mass is 296 g/mol. The third kappa shape index (κ3) is 3.47. The van der Waals surface area contributed by atoms with Gasteiger partial charge >= 0.3 is 0 Å². The van der Waals surface area contributed by atoms with Crippen LogP contribution in [-0.2, 0) is 13.0 Å². The van der Waals surface area contributed by atoms with E-state index in [0.717, 1.165) is 22.0 Å². The molecule has 0 saturated heterocycles. The van der Waals surface area contributed by atoms with Crippen LogP contribution in [0.25, 0.3) is 0 Å². The van der Waals surface area contributed by atoms with Crippen LogP contribution in [0.15, 0.2) is 18.2 Å². The van der Waals surface area contributed by atoms with Gasteiger partial charge in [-0.1, -0.05) is 17.7 Å². The quantitative estimate of drug-likeness (QED) is 0.919. The molecule has 102 valence electrons. The molecule has 1 aromatic heterocycles. The van der Waals surface area contributed by atoms with E-state index in [1.807, 2.05) is 25.1 Å². The standard InChI is InChI=1S/C14H17ClN2OS/c1-9-10(2)19-14(17-9)8-18-13-5-3-4-12(15)11(13)6-7-16/h3-5H,6-8,16H2,1-2H3. The van der Waals surface area contributed by atoms with E-state index >= 15 is 0 Å². The van der Waals surface area contributed by atoms with E-state index in [-0.39, 0.29) is 0 Å². The van der Waals surface area contributed by atoms with Crippen molar-refractivity contribution in [3.63, 3.8) is 0 Å².